The van der Waals surface area contributed by atoms with Crippen molar-refractivity contribution in [3.05, 3.63) is 33.6 Å². The standard InChI is InChI=1S/C12H15N3O4/c1-14-3-2-8(7-14)4-11-10(12(16)17)5-9(6-13-11)15(18)19/h5-6,8H,2-4,7H2,1H3,(H,16,17). The second-order valence-corrected chi connectivity index (χ2v) is 4.87. The Bertz CT molecular complexity index is 518. The smallest absolute Gasteiger partial charge is 0.337 e. The molecule has 2 rings (SSSR count). The van der Waals surface area contributed by atoms with Crippen molar-refractivity contribution in [2.45, 2.75) is 12.8 Å². The van der Waals surface area contributed by atoms with Gasteiger partial charge in [0.05, 0.1) is 16.2 Å². The normalized spacial score (nSPS) is 19.5. The maximum Gasteiger partial charge on any atom is 0.337 e. The zero-order valence-corrected chi connectivity index (χ0v) is 10.6. The molecule has 2 heterocycles. The number of hydrogen-bond donors (Lipinski definition) is 1. The molecule has 7 heteroatoms. The fraction of sp³-hybridized carbons (Fsp3) is 0.500. The molecule has 0 spiro atoms. The maximum atomic E-state index is 11.2. The molecular weight excluding hydrogens is 250 g/mol. The molecule has 19 heavy (non-hydrogen) atoms. The van der Waals surface area contributed by atoms with Gasteiger partial charge in [0.1, 0.15) is 6.20 Å². The summed E-state index contributed by atoms with van der Waals surface area (Å²) >= 11 is 0. The summed E-state index contributed by atoms with van der Waals surface area (Å²) in [6.07, 6.45) is 2.67. The highest BCUT2D eigenvalue weighted by molar-refractivity contribution is 5.89. The van der Waals surface area contributed by atoms with Crippen LogP contribution in [0.5, 0.6) is 0 Å². The quantitative estimate of drug-likeness (QED) is 0.648. The van der Waals surface area contributed by atoms with E-state index in [0.717, 1.165) is 31.8 Å². The average Bonchev–Trinajstić information content (AvgIpc) is 2.74. The number of carbonyl (C=O) groups is 1. The number of aromatic nitrogens is 1. The molecule has 1 N–H and O–H groups in total. The van der Waals surface area contributed by atoms with Gasteiger partial charge in [-0.3, -0.25) is 15.1 Å². The van der Waals surface area contributed by atoms with Crippen LogP contribution in [-0.4, -0.2) is 46.0 Å². The fourth-order valence-corrected chi connectivity index (χ4v) is 2.40. The molecule has 1 aromatic heterocycles. The lowest BCUT2D eigenvalue weighted by atomic mass is 9.99. The van der Waals surface area contributed by atoms with Crippen LogP contribution in [0.1, 0.15) is 22.5 Å². The largest absolute Gasteiger partial charge is 0.478 e. The van der Waals surface area contributed by atoms with Crippen molar-refractivity contribution < 1.29 is 14.8 Å². The molecule has 0 amide bonds. The Morgan fingerprint density at radius 1 is 1.68 bits per heavy atom. The van der Waals surface area contributed by atoms with E-state index in [-0.39, 0.29) is 11.3 Å². The molecule has 102 valence electrons. The van der Waals surface area contributed by atoms with Crippen LogP contribution in [0, 0.1) is 16.0 Å². The molecule has 1 atom stereocenters. The molecule has 1 fully saturated rings. The topological polar surface area (TPSA) is 96.6 Å². The van der Waals surface area contributed by atoms with E-state index >= 15 is 0 Å². The minimum atomic E-state index is -1.17. The van der Waals surface area contributed by atoms with Crippen LogP contribution in [-0.2, 0) is 6.42 Å². The van der Waals surface area contributed by atoms with E-state index in [1.807, 2.05) is 7.05 Å². The van der Waals surface area contributed by atoms with Crippen LogP contribution in [0.25, 0.3) is 0 Å². The number of carboxylic acid groups (broad SMARTS) is 1. The lowest BCUT2D eigenvalue weighted by Gasteiger charge is -2.11. The van der Waals surface area contributed by atoms with Crippen molar-refractivity contribution in [1.82, 2.24) is 9.88 Å². The van der Waals surface area contributed by atoms with E-state index in [1.165, 1.54) is 0 Å². The lowest BCUT2D eigenvalue weighted by Crippen LogP contribution is -2.16. The van der Waals surface area contributed by atoms with Crippen LogP contribution in [0.3, 0.4) is 0 Å². The third-order valence-corrected chi connectivity index (χ3v) is 3.37. The van der Waals surface area contributed by atoms with Crippen LogP contribution in [0.15, 0.2) is 12.3 Å². The van der Waals surface area contributed by atoms with Gasteiger partial charge in [-0.1, -0.05) is 0 Å². The van der Waals surface area contributed by atoms with Crippen molar-refractivity contribution in [2.75, 3.05) is 20.1 Å². The highest BCUT2D eigenvalue weighted by atomic mass is 16.6. The number of nitrogens with zero attached hydrogens (tertiary/aromatic N) is 3. The van der Waals surface area contributed by atoms with E-state index in [1.54, 1.807) is 0 Å². The summed E-state index contributed by atoms with van der Waals surface area (Å²) in [6.45, 7) is 1.89. The van der Waals surface area contributed by atoms with Crippen molar-refractivity contribution >= 4 is 11.7 Å². The van der Waals surface area contributed by atoms with Gasteiger partial charge in [-0.15, -0.1) is 0 Å². The molecule has 1 saturated heterocycles. The molecule has 1 aliphatic heterocycles. The number of hydrogen-bond acceptors (Lipinski definition) is 5. The van der Waals surface area contributed by atoms with Gasteiger partial charge in [0.25, 0.3) is 5.69 Å². The second kappa shape index (κ2) is 5.31. The predicted octanol–water partition coefficient (Wildman–Crippen LogP) is 1.18. The fourth-order valence-electron chi connectivity index (χ4n) is 2.40. The molecule has 0 saturated carbocycles. The Balaban J connectivity index is 2.24. The first-order valence-electron chi connectivity index (χ1n) is 6.02. The van der Waals surface area contributed by atoms with Gasteiger partial charge in [0.15, 0.2) is 0 Å². The number of carboxylic acids is 1. The summed E-state index contributed by atoms with van der Waals surface area (Å²) in [5, 5.41) is 19.8. The van der Waals surface area contributed by atoms with Gasteiger partial charge in [-0.25, -0.2) is 4.79 Å². The number of rotatable bonds is 4. The Labute approximate surface area is 110 Å². The number of likely N-dealkylation sites (tertiary alicyclic amines) is 1. The predicted molar refractivity (Wildman–Crippen MR) is 67.2 cm³/mol. The number of pyridine rings is 1. The van der Waals surface area contributed by atoms with E-state index in [2.05, 4.69) is 9.88 Å². The molecule has 0 aromatic carbocycles. The zero-order chi connectivity index (χ0) is 14.0. The minimum absolute atomic E-state index is 0.0660. The molecule has 7 nitrogen and oxygen atoms in total. The Morgan fingerprint density at radius 2 is 2.42 bits per heavy atom. The van der Waals surface area contributed by atoms with Gasteiger partial charge in [-0.05, 0) is 32.4 Å². The summed E-state index contributed by atoms with van der Waals surface area (Å²) in [5.41, 5.74) is 0.0758. The Hall–Kier alpha value is -2.02. The van der Waals surface area contributed by atoms with Gasteiger partial charge in [0.2, 0.25) is 0 Å². The highest BCUT2D eigenvalue weighted by Gasteiger charge is 2.24. The van der Waals surface area contributed by atoms with Crippen molar-refractivity contribution in [1.29, 1.82) is 0 Å². The number of nitro groups is 1. The van der Waals surface area contributed by atoms with E-state index < -0.39 is 10.9 Å². The maximum absolute atomic E-state index is 11.2. The minimum Gasteiger partial charge on any atom is -0.478 e. The Kier molecular flexibility index (Phi) is 3.75. The van der Waals surface area contributed by atoms with Gasteiger partial charge in [0, 0.05) is 12.6 Å². The van der Waals surface area contributed by atoms with Gasteiger partial charge < -0.3 is 10.0 Å². The van der Waals surface area contributed by atoms with Crippen LogP contribution in [0.4, 0.5) is 5.69 Å². The monoisotopic (exact) mass is 265 g/mol. The first-order valence-corrected chi connectivity index (χ1v) is 6.02. The van der Waals surface area contributed by atoms with Crippen molar-refractivity contribution in [3.8, 4) is 0 Å². The van der Waals surface area contributed by atoms with Crippen LogP contribution >= 0.6 is 0 Å². The zero-order valence-electron chi connectivity index (χ0n) is 10.6. The summed E-state index contributed by atoms with van der Waals surface area (Å²) in [7, 11) is 2.02. The van der Waals surface area contributed by atoms with Crippen molar-refractivity contribution in [2.24, 2.45) is 5.92 Å². The lowest BCUT2D eigenvalue weighted by molar-refractivity contribution is -0.385. The summed E-state index contributed by atoms with van der Waals surface area (Å²) in [4.78, 5) is 27.3. The molecule has 0 radical (unpaired) electrons. The van der Waals surface area contributed by atoms with Crippen LogP contribution < -0.4 is 0 Å². The molecule has 0 aliphatic carbocycles. The highest BCUT2D eigenvalue weighted by Crippen LogP contribution is 2.22. The third-order valence-electron chi connectivity index (χ3n) is 3.37. The average molecular weight is 265 g/mol. The van der Waals surface area contributed by atoms with Crippen LogP contribution in [0.2, 0.25) is 0 Å². The summed E-state index contributed by atoms with van der Waals surface area (Å²) < 4.78 is 0. The van der Waals surface area contributed by atoms with E-state index in [9.17, 15) is 14.9 Å². The third kappa shape index (κ3) is 3.05. The van der Waals surface area contributed by atoms with E-state index in [0.29, 0.717) is 18.0 Å². The van der Waals surface area contributed by atoms with Gasteiger partial charge >= 0.3 is 5.97 Å². The summed E-state index contributed by atoms with van der Waals surface area (Å²) in [5.74, 6) is -0.811. The molecular formula is C12H15N3O4. The second-order valence-electron chi connectivity index (χ2n) is 4.87. The SMILES string of the molecule is CN1CCC(Cc2ncc([N+](=O)[O-])cc2C(=O)O)C1. The summed E-state index contributed by atoms with van der Waals surface area (Å²) in [6, 6.07) is 1.09. The first-order chi connectivity index (χ1) is 8.97. The number of aromatic carboxylic acids is 1. The first kappa shape index (κ1) is 13.4. The molecule has 1 aromatic rings. The Morgan fingerprint density at radius 3 is 2.95 bits per heavy atom. The van der Waals surface area contributed by atoms with Crippen molar-refractivity contribution in [3.63, 3.8) is 0 Å². The van der Waals surface area contributed by atoms with E-state index in [4.69, 9.17) is 5.11 Å². The molecule has 1 unspecified atom stereocenters. The van der Waals surface area contributed by atoms with Gasteiger partial charge in [-0.2, -0.15) is 0 Å². The molecule has 1 aliphatic rings. The molecule has 0 bridgehead atoms.